The van der Waals surface area contributed by atoms with Crippen LogP contribution in [0.2, 0.25) is 0 Å². The molecule has 4 nitrogen and oxygen atoms in total. The molecule has 0 unspecified atom stereocenters. The number of para-hydroxylation sites is 1. The van der Waals surface area contributed by atoms with Gasteiger partial charge in [0.05, 0.1) is 12.7 Å². The van der Waals surface area contributed by atoms with Gasteiger partial charge in [-0.3, -0.25) is 9.69 Å². The molecule has 0 N–H and O–H groups in total. The van der Waals surface area contributed by atoms with Crippen molar-refractivity contribution >= 4 is 5.91 Å². The Morgan fingerprint density at radius 1 is 1.00 bits per heavy atom. The minimum Gasteiger partial charge on any atom is -0.496 e. The number of fused-ring (bicyclic) bond motifs is 1. The number of hydrogen-bond acceptors (Lipinski definition) is 3. The molecule has 0 spiro atoms. The van der Waals surface area contributed by atoms with E-state index in [2.05, 4.69) is 42.3 Å². The molecule has 2 fully saturated rings. The molecule has 25 heavy (non-hydrogen) atoms. The van der Waals surface area contributed by atoms with Crippen LogP contribution in [-0.2, 0) is 0 Å². The van der Waals surface area contributed by atoms with Crippen LogP contribution in [-0.4, -0.2) is 49.5 Å². The van der Waals surface area contributed by atoms with Crippen LogP contribution in [0.4, 0.5) is 0 Å². The third kappa shape index (κ3) is 2.81. The van der Waals surface area contributed by atoms with E-state index in [9.17, 15) is 4.79 Å². The molecule has 2 aromatic rings. The SMILES string of the molecule is COc1ccccc1C(=O)N1C[C@@H]2CN(C)[C@@H](c3ccccc3)[C@@H]2C1. The minimum atomic E-state index is 0.0846. The fourth-order valence-corrected chi connectivity index (χ4v) is 4.57. The minimum absolute atomic E-state index is 0.0846. The standard InChI is InChI=1S/C21H24N2O2/c1-22-12-16-13-23(21(24)17-10-6-7-11-19(17)25-2)14-18(16)20(22)15-8-4-3-5-9-15/h3-11,16,18,20H,12-14H2,1-2H3/t16-,18+,20-/m0/s1. The van der Waals surface area contributed by atoms with Gasteiger partial charge in [-0.2, -0.15) is 0 Å². The molecule has 0 aliphatic carbocycles. The first kappa shape index (κ1) is 16.2. The van der Waals surface area contributed by atoms with Crippen molar-refractivity contribution in [1.29, 1.82) is 0 Å². The molecule has 0 saturated carbocycles. The molecule has 0 aromatic heterocycles. The Kier molecular flexibility index (Phi) is 4.22. The highest BCUT2D eigenvalue weighted by atomic mass is 16.5. The Morgan fingerprint density at radius 3 is 2.48 bits per heavy atom. The maximum absolute atomic E-state index is 13.0. The van der Waals surface area contributed by atoms with Crippen molar-refractivity contribution in [3.05, 3.63) is 65.7 Å². The Bertz CT molecular complexity index is 762. The van der Waals surface area contributed by atoms with Crippen molar-refractivity contribution < 1.29 is 9.53 Å². The maximum atomic E-state index is 13.0. The van der Waals surface area contributed by atoms with Gasteiger partial charge in [0, 0.05) is 31.6 Å². The zero-order valence-electron chi connectivity index (χ0n) is 14.8. The van der Waals surface area contributed by atoms with Gasteiger partial charge >= 0.3 is 0 Å². The summed E-state index contributed by atoms with van der Waals surface area (Å²) in [5, 5.41) is 0. The zero-order valence-corrected chi connectivity index (χ0v) is 14.8. The van der Waals surface area contributed by atoms with E-state index in [1.54, 1.807) is 7.11 Å². The van der Waals surface area contributed by atoms with E-state index in [-0.39, 0.29) is 5.91 Å². The quantitative estimate of drug-likeness (QED) is 0.863. The molecule has 1 amide bonds. The first-order chi connectivity index (χ1) is 12.2. The van der Waals surface area contributed by atoms with E-state index in [4.69, 9.17) is 4.74 Å². The van der Waals surface area contributed by atoms with Crippen molar-refractivity contribution in [2.45, 2.75) is 6.04 Å². The average Bonchev–Trinajstić information content (AvgIpc) is 3.18. The van der Waals surface area contributed by atoms with Crippen LogP contribution in [0.5, 0.6) is 5.75 Å². The second-order valence-corrected chi connectivity index (χ2v) is 7.13. The smallest absolute Gasteiger partial charge is 0.257 e. The Balaban J connectivity index is 1.56. The van der Waals surface area contributed by atoms with Gasteiger partial charge in [-0.15, -0.1) is 0 Å². The molecule has 0 bridgehead atoms. The van der Waals surface area contributed by atoms with Crippen LogP contribution in [0, 0.1) is 11.8 Å². The van der Waals surface area contributed by atoms with Crippen LogP contribution in [0.3, 0.4) is 0 Å². The lowest BCUT2D eigenvalue weighted by molar-refractivity contribution is 0.0764. The molecule has 2 aliphatic rings. The molecule has 2 saturated heterocycles. The number of amides is 1. The highest BCUT2D eigenvalue weighted by Crippen LogP contribution is 2.44. The van der Waals surface area contributed by atoms with Crippen LogP contribution < -0.4 is 4.74 Å². The van der Waals surface area contributed by atoms with Crippen molar-refractivity contribution in [2.24, 2.45) is 11.8 Å². The van der Waals surface area contributed by atoms with Gasteiger partial charge in [-0.25, -0.2) is 0 Å². The normalized spacial score (nSPS) is 25.8. The number of likely N-dealkylation sites (tertiary alicyclic amines) is 2. The summed E-state index contributed by atoms with van der Waals surface area (Å²) in [7, 11) is 3.81. The number of rotatable bonds is 3. The van der Waals surface area contributed by atoms with Crippen molar-refractivity contribution in [3.8, 4) is 5.75 Å². The van der Waals surface area contributed by atoms with E-state index in [1.165, 1.54) is 5.56 Å². The second kappa shape index (κ2) is 6.52. The maximum Gasteiger partial charge on any atom is 0.257 e. The zero-order chi connectivity index (χ0) is 17.4. The lowest BCUT2D eigenvalue weighted by Crippen LogP contribution is -2.33. The number of ether oxygens (including phenoxy) is 1. The van der Waals surface area contributed by atoms with Crippen LogP contribution in [0.15, 0.2) is 54.6 Å². The fraction of sp³-hybridized carbons (Fsp3) is 0.381. The Labute approximate surface area is 149 Å². The number of carbonyl (C=O) groups is 1. The van der Waals surface area contributed by atoms with E-state index >= 15 is 0 Å². The number of carbonyl (C=O) groups excluding carboxylic acids is 1. The number of methoxy groups -OCH3 is 1. The summed E-state index contributed by atoms with van der Waals surface area (Å²) in [4.78, 5) is 17.5. The summed E-state index contributed by atoms with van der Waals surface area (Å²) in [6.45, 7) is 2.68. The van der Waals surface area contributed by atoms with Gasteiger partial charge < -0.3 is 9.64 Å². The van der Waals surface area contributed by atoms with Gasteiger partial charge in [0.15, 0.2) is 0 Å². The first-order valence-corrected chi connectivity index (χ1v) is 8.86. The average molecular weight is 336 g/mol. The largest absolute Gasteiger partial charge is 0.496 e. The molecule has 3 atom stereocenters. The molecular weight excluding hydrogens is 312 g/mol. The molecule has 4 heteroatoms. The van der Waals surface area contributed by atoms with Gasteiger partial charge in [-0.1, -0.05) is 42.5 Å². The van der Waals surface area contributed by atoms with Crippen LogP contribution in [0.1, 0.15) is 22.0 Å². The molecule has 4 rings (SSSR count). The predicted octanol–water partition coefficient (Wildman–Crippen LogP) is 3.07. The molecule has 2 aromatic carbocycles. The molecule has 2 aliphatic heterocycles. The lowest BCUT2D eigenvalue weighted by Gasteiger charge is -2.27. The molecular formula is C21H24N2O2. The third-order valence-electron chi connectivity index (χ3n) is 5.66. The van der Waals surface area contributed by atoms with Crippen molar-refractivity contribution in [1.82, 2.24) is 9.80 Å². The summed E-state index contributed by atoms with van der Waals surface area (Å²) in [5.41, 5.74) is 2.01. The lowest BCUT2D eigenvalue weighted by atomic mass is 9.90. The number of benzene rings is 2. The number of nitrogens with zero attached hydrogens (tertiary/aromatic N) is 2. The molecule has 2 heterocycles. The molecule has 130 valence electrons. The first-order valence-electron chi connectivity index (χ1n) is 8.86. The van der Waals surface area contributed by atoms with E-state index in [0.717, 1.165) is 19.6 Å². The number of hydrogen-bond donors (Lipinski definition) is 0. The third-order valence-corrected chi connectivity index (χ3v) is 5.66. The highest BCUT2D eigenvalue weighted by molar-refractivity contribution is 5.97. The van der Waals surface area contributed by atoms with Gasteiger partial charge in [0.25, 0.3) is 5.91 Å². The topological polar surface area (TPSA) is 32.8 Å². The fourth-order valence-electron chi connectivity index (χ4n) is 4.57. The highest BCUT2D eigenvalue weighted by Gasteiger charge is 2.47. The Hall–Kier alpha value is -2.33. The summed E-state index contributed by atoms with van der Waals surface area (Å²) >= 11 is 0. The van der Waals surface area contributed by atoms with Crippen LogP contribution >= 0.6 is 0 Å². The summed E-state index contributed by atoms with van der Waals surface area (Å²) < 4.78 is 5.37. The van der Waals surface area contributed by atoms with Crippen molar-refractivity contribution in [2.75, 3.05) is 33.8 Å². The monoisotopic (exact) mass is 336 g/mol. The van der Waals surface area contributed by atoms with Gasteiger partial charge in [0.2, 0.25) is 0 Å². The second-order valence-electron chi connectivity index (χ2n) is 7.13. The van der Waals surface area contributed by atoms with Gasteiger partial charge in [-0.05, 0) is 30.7 Å². The summed E-state index contributed by atoms with van der Waals surface area (Å²) in [6, 6.07) is 18.6. The predicted molar refractivity (Wildman–Crippen MR) is 97.7 cm³/mol. The van der Waals surface area contributed by atoms with E-state index in [0.29, 0.717) is 29.2 Å². The summed E-state index contributed by atoms with van der Waals surface area (Å²) in [5.74, 6) is 1.77. The molecule has 0 radical (unpaired) electrons. The van der Waals surface area contributed by atoms with E-state index < -0.39 is 0 Å². The van der Waals surface area contributed by atoms with Crippen molar-refractivity contribution in [3.63, 3.8) is 0 Å². The van der Waals surface area contributed by atoms with E-state index in [1.807, 2.05) is 29.2 Å². The summed E-state index contributed by atoms with van der Waals surface area (Å²) in [6.07, 6.45) is 0. The van der Waals surface area contributed by atoms with Crippen LogP contribution in [0.25, 0.3) is 0 Å². The Morgan fingerprint density at radius 2 is 1.72 bits per heavy atom. The van der Waals surface area contributed by atoms with Gasteiger partial charge in [0.1, 0.15) is 5.75 Å².